The number of alkyl halides is 3. The molecule has 5 nitrogen and oxygen atoms in total. The minimum Gasteiger partial charge on any atom is -0.349 e. The zero-order valence-corrected chi connectivity index (χ0v) is 11.9. The fraction of sp³-hybridized carbons (Fsp3) is 0.500. The maximum Gasteiger partial charge on any atom is 0.433 e. The van der Waals surface area contributed by atoms with Gasteiger partial charge in [0, 0.05) is 6.26 Å². The number of nitrogens with one attached hydrogen (secondary N) is 1. The van der Waals surface area contributed by atoms with E-state index in [0.29, 0.717) is 0 Å². The average molecular weight is 322 g/mol. The van der Waals surface area contributed by atoms with Crippen molar-refractivity contribution in [3.63, 3.8) is 0 Å². The first-order chi connectivity index (χ1) is 9.56. The summed E-state index contributed by atoms with van der Waals surface area (Å²) in [6, 6.07) is 3.33. The van der Waals surface area contributed by atoms with Crippen molar-refractivity contribution in [2.24, 2.45) is 0 Å². The largest absolute Gasteiger partial charge is 0.433 e. The van der Waals surface area contributed by atoms with Crippen molar-refractivity contribution in [1.29, 1.82) is 0 Å². The second-order valence-corrected chi connectivity index (χ2v) is 7.29. The van der Waals surface area contributed by atoms with Crippen LogP contribution in [0, 0.1) is 0 Å². The van der Waals surface area contributed by atoms with Crippen molar-refractivity contribution < 1.29 is 26.4 Å². The minimum atomic E-state index is -4.56. The molecule has 9 heteroatoms. The van der Waals surface area contributed by atoms with Gasteiger partial charge < -0.3 is 5.32 Å². The van der Waals surface area contributed by atoms with Crippen LogP contribution in [0.1, 0.15) is 24.2 Å². The van der Waals surface area contributed by atoms with Gasteiger partial charge in [0.05, 0.1) is 12.2 Å². The van der Waals surface area contributed by atoms with Crippen molar-refractivity contribution in [3.8, 4) is 0 Å². The molecule has 0 bridgehead atoms. The predicted molar refractivity (Wildman–Crippen MR) is 67.9 cm³/mol. The van der Waals surface area contributed by atoms with Gasteiger partial charge in [-0.05, 0) is 25.0 Å². The molecule has 21 heavy (non-hydrogen) atoms. The number of aromatic nitrogens is 1. The molecule has 0 saturated heterocycles. The number of carbonyl (C=O) groups excluding carboxylic acids is 1. The fourth-order valence-electron chi connectivity index (χ4n) is 1.95. The van der Waals surface area contributed by atoms with Crippen LogP contribution in [-0.4, -0.2) is 30.3 Å². The van der Waals surface area contributed by atoms with Crippen LogP contribution in [0.3, 0.4) is 0 Å². The lowest BCUT2D eigenvalue weighted by Crippen LogP contribution is -2.41. The Kier molecular flexibility index (Phi) is 3.73. The third-order valence-electron chi connectivity index (χ3n) is 3.35. The Labute approximate surface area is 119 Å². The fourth-order valence-corrected chi connectivity index (χ4v) is 3.20. The van der Waals surface area contributed by atoms with Crippen LogP contribution < -0.4 is 5.32 Å². The van der Waals surface area contributed by atoms with E-state index in [0.717, 1.165) is 12.3 Å². The van der Waals surface area contributed by atoms with E-state index in [2.05, 4.69) is 10.3 Å². The highest BCUT2D eigenvalue weighted by molar-refractivity contribution is 7.93. The van der Waals surface area contributed by atoms with E-state index in [1.165, 1.54) is 12.1 Å². The number of nitrogens with zero attached hydrogens (tertiary/aromatic N) is 1. The third kappa shape index (κ3) is 3.17. The molecule has 0 radical (unpaired) electrons. The molecule has 1 aromatic heterocycles. The van der Waals surface area contributed by atoms with Crippen molar-refractivity contribution in [2.75, 3.05) is 6.26 Å². The van der Waals surface area contributed by atoms with Crippen LogP contribution in [0.4, 0.5) is 13.2 Å². The molecule has 1 amide bonds. The number of hydrogen-bond donors (Lipinski definition) is 1. The first-order valence-electron chi connectivity index (χ1n) is 6.07. The molecule has 0 atom stereocenters. The lowest BCUT2D eigenvalue weighted by atomic mass is 10.3. The van der Waals surface area contributed by atoms with Crippen LogP contribution in [-0.2, 0) is 27.4 Å². The highest BCUT2D eigenvalue weighted by atomic mass is 32.2. The molecule has 2 rings (SSSR count). The van der Waals surface area contributed by atoms with Crippen LogP contribution in [0.15, 0.2) is 18.2 Å². The van der Waals surface area contributed by atoms with Crippen LogP contribution in [0.25, 0.3) is 0 Å². The number of pyridine rings is 1. The van der Waals surface area contributed by atoms with Gasteiger partial charge in [-0.2, -0.15) is 13.2 Å². The molecule has 1 heterocycles. The summed E-state index contributed by atoms with van der Waals surface area (Å²) in [5.74, 6) is -0.691. The molecule has 1 aliphatic carbocycles. The molecule has 1 fully saturated rings. The van der Waals surface area contributed by atoms with Gasteiger partial charge in [-0.3, -0.25) is 4.79 Å². The first-order valence-corrected chi connectivity index (χ1v) is 7.96. The summed E-state index contributed by atoms with van der Waals surface area (Å²) < 4.78 is 59.1. The van der Waals surface area contributed by atoms with Crippen molar-refractivity contribution in [1.82, 2.24) is 10.3 Å². The number of sulfone groups is 1. The summed E-state index contributed by atoms with van der Waals surface area (Å²) in [7, 11) is -3.54. The van der Waals surface area contributed by atoms with Gasteiger partial charge in [0.15, 0.2) is 14.6 Å². The lowest BCUT2D eigenvalue weighted by Gasteiger charge is -2.13. The van der Waals surface area contributed by atoms with E-state index in [1.54, 1.807) is 0 Å². The molecule has 0 aromatic carbocycles. The number of carbonyl (C=O) groups is 1. The average Bonchev–Trinajstić information content (AvgIpc) is 3.16. The normalized spacial score (nSPS) is 17.3. The third-order valence-corrected chi connectivity index (χ3v) is 5.37. The Morgan fingerprint density at radius 1 is 1.38 bits per heavy atom. The first kappa shape index (κ1) is 15.7. The number of halogens is 3. The minimum absolute atomic E-state index is 0.0162. The molecule has 1 aliphatic rings. The maximum atomic E-state index is 12.5. The molecule has 0 unspecified atom stereocenters. The highest BCUT2D eigenvalue weighted by Gasteiger charge is 2.58. The zero-order valence-electron chi connectivity index (χ0n) is 11.1. The number of rotatable bonds is 4. The van der Waals surface area contributed by atoms with Gasteiger partial charge in [-0.25, -0.2) is 13.4 Å². The Hall–Kier alpha value is -1.64. The van der Waals surface area contributed by atoms with Gasteiger partial charge in [-0.1, -0.05) is 6.07 Å². The van der Waals surface area contributed by atoms with Crippen molar-refractivity contribution in [2.45, 2.75) is 30.3 Å². The Balaban J connectivity index is 2.06. The van der Waals surface area contributed by atoms with Gasteiger partial charge in [0.2, 0.25) is 5.91 Å². The molecule has 116 valence electrons. The Morgan fingerprint density at radius 2 is 2.00 bits per heavy atom. The van der Waals surface area contributed by atoms with Gasteiger partial charge in [0.1, 0.15) is 5.69 Å². The van der Waals surface area contributed by atoms with Gasteiger partial charge in [0.25, 0.3) is 0 Å². The molecular weight excluding hydrogens is 309 g/mol. The van der Waals surface area contributed by atoms with Gasteiger partial charge >= 0.3 is 6.18 Å². The zero-order chi connectivity index (χ0) is 15.9. The molecule has 0 spiro atoms. The molecule has 1 saturated carbocycles. The van der Waals surface area contributed by atoms with Crippen molar-refractivity contribution >= 4 is 15.7 Å². The molecule has 0 aliphatic heterocycles. The predicted octanol–water partition coefficient (Wildman–Crippen LogP) is 1.29. The monoisotopic (exact) mass is 322 g/mol. The molecule has 1 N–H and O–H groups in total. The standard InChI is InChI=1S/C12H13F3N2O3S/c1-21(19,20)11(5-6-11)10(18)16-7-8-3-2-4-9(17-8)12(13,14)15/h2-4H,5-7H2,1H3,(H,16,18). The second-order valence-electron chi connectivity index (χ2n) is 4.96. The van der Waals surface area contributed by atoms with E-state index in [-0.39, 0.29) is 25.1 Å². The van der Waals surface area contributed by atoms with Crippen LogP contribution in [0.2, 0.25) is 0 Å². The second kappa shape index (κ2) is 4.97. The smallest absolute Gasteiger partial charge is 0.349 e. The Morgan fingerprint density at radius 3 is 2.48 bits per heavy atom. The van der Waals surface area contributed by atoms with E-state index < -0.39 is 32.4 Å². The van der Waals surface area contributed by atoms with Crippen molar-refractivity contribution in [3.05, 3.63) is 29.6 Å². The summed E-state index contributed by atoms with van der Waals surface area (Å²) in [6.07, 6.45) is -3.13. The summed E-state index contributed by atoms with van der Waals surface area (Å²) in [6.45, 7) is -0.250. The van der Waals surface area contributed by atoms with E-state index >= 15 is 0 Å². The SMILES string of the molecule is CS(=O)(=O)C1(C(=O)NCc2cccc(C(F)(F)F)n2)CC1. The van der Waals surface area contributed by atoms with E-state index in [1.807, 2.05) is 0 Å². The maximum absolute atomic E-state index is 12.5. The van der Waals surface area contributed by atoms with Gasteiger partial charge in [-0.15, -0.1) is 0 Å². The van der Waals surface area contributed by atoms with E-state index in [4.69, 9.17) is 0 Å². The van der Waals surface area contributed by atoms with Crippen LogP contribution >= 0.6 is 0 Å². The molecular formula is C12H13F3N2O3S. The summed E-state index contributed by atoms with van der Waals surface area (Å²) >= 11 is 0. The van der Waals surface area contributed by atoms with E-state index in [9.17, 15) is 26.4 Å². The summed E-state index contributed by atoms with van der Waals surface area (Å²) in [5, 5.41) is 2.34. The lowest BCUT2D eigenvalue weighted by molar-refractivity contribution is -0.141. The molecule has 1 aromatic rings. The quantitative estimate of drug-likeness (QED) is 0.906. The summed E-state index contributed by atoms with van der Waals surface area (Å²) in [4.78, 5) is 15.3. The number of amides is 1. The van der Waals surface area contributed by atoms with Crippen LogP contribution in [0.5, 0.6) is 0 Å². The number of hydrogen-bond acceptors (Lipinski definition) is 4. The highest BCUT2D eigenvalue weighted by Crippen LogP contribution is 2.43. The topological polar surface area (TPSA) is 76.1 Å². The summed E-state index contributed by atoms with van der Waals surface area (Å²) in [5.41, 5.74) is -1.04. The Bertz CT molecular complexity index is 667.